The molecule has 1 atom stereocenters. The van der Waals surface area contributed by atoms with Crippen molar-refractivity contribution in [2.75, 3.05) is 25.1 Å². The van der Waals surface area contributed by atoms with Crippen LogP contribution in [0.5, 0.6) is 11.5 Å². The highest BCUT2D eigenvalue weighted by Crippen LogP contribution is 2.40. The molecule has 5 rings (SSSR count). The minimum absolute atomic E-state index is 0.0694. The summed E-state index contributed by atoms with van der Waals surface area (Å²) in [5.74, 6) is -1.02. The van der Waals surface area contributed by atoms with Gasteiger partial charge in [0.05, 0.1) is 37.0 Å². The number of ether oxygens (including phenoxy) is 2. The minimum atomic E-state index is -4.03. The molecule has 0 radical (unpaired) electrons. The molecule has 0 saturated carbocycles. The number of sulfonamides is 1. The zero-order chi connectivity index (χ0) is 27.7. The molecule has 10 heteroatoms. The van der Waals surface area contributed by atoms with Crippen molar-refractivity contribution < 1.29 is 22.7 Å². The smallest absolute Gasteiger partial charge is 0.268 e. The second-order valence-corrected chi connectivity index (χ2v) is 10.9. The Kier molecular flexibility index (Phi) is 6.85. The number of anilines is 1. The van der Waals surface area contributed by atoms with Gasteiger partial charge in [-0.1, -0.05) is 36.4 Å². The Hall–Kier alpha value is -4.62. The van der Waals surface area contributed by atoms with Gasteiger partial charge in [0.1, 0.15) is 10.7 Å². The van der Waals surface area contributed by atoms with Gasteiger partial charge in [-0.25, -0.2) is 13.4 Å². The fourth-order valence-electron chi connectivity index (χ4n) is 4.86. The van der Waals surface area contributed by atoms with E-state index in [0.29, 0.717) is 35.6 Å². The van der Waals surface area contributed by atoms with Gasteiger partial charge in [-0.05, 0) is 54.0 Å². The average Bonchev–Trinajstić information content (AvgIpc) is 3.54. The van der Waals surface area contributed by atoms with E-state index in [0.717, 1.165) is 11.1 Å². The Morgan fingerprint density at radius 2 is 1.85 bits per heavy atom. The van der Waals surface area contributed by atoms with Gasteiger partial charge in [0.25, 0.3) is 10.0 Å². The van der Waals surface area contributed by atoms with E-state index in [2.05, 4.69) is 4.98 Å². The number of para-hydroxylation sites is 3. The molecule has 0 spiro atoms. The van der Waals surface area contributed by atoms with Crippen LogP contribution < -0.4 is 13.8 Å². The Bertz CT molecular complexity index is 1770. The van der Waals surface area contributed by atoms with Crippen molar-refractivity contribution in [2.45, 2.75) is 17.2 Å². The molecule has 0 bridgehead atoms. The SMILES string of the molecule is COc1cc(/C=C/C(=O)[C@H](C#N)c2nc3ccccc3n2C)cc(S(=O)(=O)N2CCc3ccccc32)c1OC. The van der Waals surface area contributed by atoms with Crippen LogP contribution in [0.15, 0.2) is 71.6 Å². The van der Waals surface area contributed by atoms with Crippen LogP contribution in [-0.2, 0) is 28.3 Å². The quantitative estimate of drug-likeness (QED) is 0.306. The van der Waals surface area contributed by atoms with Crippen LogP contribution in [0.3, 0.4) is 0 Å². The van der Waals surface area contributed by atoms with Crippen molar-refractivity contribution >= 4 is 38.6 Å². The topological polar surface area (TPSA) is 115 Å². The van der Waals surface area contributed by atoms with Gasteiger partial charge in [-0.3, -0.25) is 9.10 Å². The third-order valence-corrected chi connectivity index (χ3v) is 8.63. The predicted molar refractivity (Wildman–Crippen MR) is 147 cm³/mol. The normalized spacial score (nSPS) is 13.8. The predicted octanol–water partition coefficient (Wildman–Crippen LogP) is 4.23. The minimum Gasteiger partial charge on any atom is -0.493 e. The molecule has 39 heavy (non-hydrogen) atoms. The number of nitrogens with zero attached hydrogens (tertiary/aromatic N) is 4. The summed E-state index contributed by atoms with van der Waals surface area (Å²) in [6.07, 6.45) is 3.32. The maximum atomic E-state index is 13.8. The zero-order valence-electron chi connectivity index (χ0n) is 21.7. The Balaban J connectivity index is 1.52. The summed E-state index contributed by atoms with van der Waals surface area (Å²) in [4.78, 5) is 17.5. The molecule has 0 aliphatic carbocycles. The molecule has 9 nitrogen and oxygen atoms in total. The van der Waals surface area contributed by atoms with Crippen LogP contribution in [0.1, 0.15) is 22.9 Å². The summed E-state index contributed by atoms with van der Waals surface area (Å²) in [5, 5.41) is 9.82. The molecule has 198 valence electrons. The number of benzene rings is 3. The summed E-state index contributed by atoms with van der Waals surface area (Å²) in [7, 11) is 0.518. The summed E-state index contributed by atoms with van der Waals surface area (Å²) in [6, 6.07) is 19.8. The van der Waals surface area contributed by atoms with E-state index < -0.39 is 21.7 Å². The fourth-order valence-corrected chi connectivity index (χ4v) is 6.57. The maximum Gasteiger partial charge on any atom is 0.268 e. The number of hydrogen-bond donors (Lipinski definition) is 0. The lowest BCUT2D eigenvalue weighted by Crippen LogP contribution is -2.29. The number of carbonyl (C=O) groups excluding carboxylic acids is 1. The van der Waals surface area contributed by atoms with E-state index in [-0.39, 0.29) is 16.4 Å². The first-order chi connectivity index (χ1) is 18.8. The summed E-state index contributed by atoms with van der Waals surface area (Å²) in [5.41, 5.74) is 3.45. The highest BCUT2D eigenvalue weighted by molar-refractivity contribution is 7.93. The van der Waals surface area contributed by atoms with Crippen molar-refractivity contribution in [1.29, 1.82) is 5.26 Å². The van der Waals surface area contributed by atoms with Gasteiger partial charge in [0, 0.05) is 13.6 Å². The third kappa shape index (κ3) is 4.51. The van der Waals surface area contributed by atoms with Gasteiger partial charge in [0.15, 0.2) is 23.2 Å². The molecule has 0 saturated heterocycles. The average molecular weight is 543 g/mol. The van der Waals surface area contributed by atoms with E-state index in [4.69, 9.17) is 9.47 Å². The number of carbonyl (C=O) groups is 1. The number of hydrogen-bond acceptors (Lipinski definition) is 7. The molecule has 2 heterocycles. The first kappa shape index (κ1) is 26.0. The van der Waals surface area contributed by atoms with Crippen LogP contribution in [0.2, 0.25) is 0 Å². The lowest BCUT2D eigenvalue weighted by atomic mass is 10.0. The number of aromatic nitrogens is 2. The molecule has 0 fully saturated rings. The van der Waals surface area contributed by atoms with E-state index in [1.807, 2.05) is 42.5 Å². The van der Waals surface area contributed by atoms with E-state index in [1.54, 1.807) is 29.8 Å². The number of ketones is 1. The number of aryl methyl sites for hydroxylation is 1. The lowest BCUT2D eigenvalue weighted by Gasteiger charge is -2.22. The number of methoxy groups -OCH3 is 2. The van der Waals surface area contributed by atoms with Gasteiger partial charge >= 0.3 is 0 Å². The molecule has 0 unspecified atom stereocenters. The van der Waals surface area contributed by atoms with E-state index in [1.165, 1.54) is 36.7 Å². The summed E-state index contributed by atoms with van der Waals surface area (Å²) >= 11 is 0. The first-order valence-corrected chi connectivity index (χ1v) is 13.6. The molecule has 0 N–H and O–H groups in total. The number of rotatable bonds is 8. The zero-order valence-corrected chi connectivity index (χ0v) is 22.5. The Labute approximate surface area is 226 Å². The van der Waals surface area contributed by atoms with Crippen molar-refractivity contribution in [3.05, 3.63) is 83.7 Å². The number of nitriles is 1. The summed E-state index contributed by atoms with van der Waals surface area (Å²) in [6.45, 7) is 0.299. The molecule has 1 aromatic heterocycles. The van der Waals surface area contributed by atoms with Crippen LogP contribution >= 0.6 is 0 Å². The number of fused-ring (bicyclic) bond motifs is 2. The molecule has 4 aromatic rings. The van der Waals surface area contributed by atoms with Crippen LogP contribution in [0, 0.1) is 11.3 Å². The third-order valence-electron chi connectivity index (χ3n) is 6.81. The van der Waals surface area contributed by atoms with Crippen LogP contribution in [0.4, 0.5) is 5.69 Å². The van der Waals surface area contributed by atoms with Crippen molar-refractivity contribution in [1.82, 2.24) is 9.55 Å². The van der Waals surface area contributed by atoms with Crippen LogP contribution in [0.25, 0.3) is 17.1 Å². The maximum absolute atomic E-state index is 13.8. The second-order valence-electron chi connectivity index (χ2n) is 9.03. The number of allylic oxidation sites excluding steroid dienone is 1. The Morgan fingerprint density at radius 3 is 2.56 bits per heavy atom. The molecule has 1 aliphatic heterocycles. The van der Waals surface area contributed by atoms with E-state index in [9.17, 15) is 18.5 Å². The largest absolute Gasteiger partial charge is 0.493 e. The molecular weight excluding hydrogens is 516 g/mol. The van der Waals surface area contributed by atoms with Crippen molar-refractivity contribution in [3.8, 4) is 17.6 Å². The standard InChI is InChI=1S/C29H26N4O5S/c1-32-24-11-7-5-9-22(24)31-29(32)21(18-30)25(34)13-12-19-16-26(37-2)28(38-3)27(17-19)39(35,36)33-15-14-20-8-4-6-10-23(20)33/h4-13,16-17,21H,14-15H2,1-3H3/b13-12+/t21-/m0/s1. The molecular formula is C29H26N4O5S. The lowest BCUT2D eigenvalue weighted by molar-refractivity contribution is -0.115. The Morgan fingerprint density at radius 1 is 1.10 bits per heavy atom. The second kappa shape index (κ2) is 10.3. The molecule has 1 aliphatic rings. The van der Waals surface area contributed by atoms with Crippen molar-refractivity contribution in [2.24, 2.45) is 7.05 Å². The molecule has 0 amide bonds. The summed E-state index contributed by atoms with van der Waals surface area (Å²) < 4.78 is 41.7. The fraction of sp³-hybridized carbons (Fsp3) is 0.207. The van der Waals surface area contributed by atoms with Gasteiger partial charge in [-0.2, -0.15) is 5.26 Å². The monoisotopic (exact) mass is 542 g/mol. The highest BCUT2D eigenvalue weighted by atomic mass is 32.2. The van der Waals surface area contributed by atoms with Gasteiger partial charge in [-0.15, -0.1) is 0 Å². The van der Waals surface area contributed by atoms with E-state index >= 15 is 0 Å². The first-order valence-electron chi connectivity index (χ1n) is 12.2. The highest BCUT2D eigenvalue weighted by Gasteiger charge is 2.34. The van der Waals surface area contributed by atoms with Crippen molar-refractivity contribution in [3.63, 3.8) is 0 Å². The van der Waals surface area contributed by atoms with Gasteiger partial charge < -0.3 is 14.0 Å². The number of imidazole rings is 1. The van der Waals surface area contributed by atoms with Crippen LogP contribution in [-0.4, -0.2) is 44.5 Å². The molecule has 3 aromatic carbocycles. The van der Waals surface area contributed by atoms with Gasteiger partial charge in [0.2, 0.25) is 0 Å².